The summed E-state index contributed by atoms with van der Waals surface area (Å²) in [6.07, 6.45) is 0. The van der Waals surface area contributed by atoms with Crippen molar-refractivity contribution in [2.24, 2.45) is 5.41 Å². The molecule has 1 N–H and O–H groups in total. The fraction of sp³-hybridized carbons (Fsp3) is 0.444. The molecule has 0 saturated heterocycles. The summed E-state index contributed by atoms with van der Waals surface area (Å²) in [5, 5.41) is 0. The van der Waals surface area contributed by atoms with E-state index in [4.69, 9.17) is 11.6 Å². The predicted octanol–water partition coefficient (Wildman–Crippen LogP) is 2.18. The highest BCUT2D eigenvalue weighted by Crippen LogP contribution is 2.25. The standard InChI is InChI=1S/C9H12ClNO4S2/c1-9(2,3)8(12)15-11-17(13,14)7-5-4-6(10)16-7/h4-5,11H,1-3H3. The number of rotatable bonds is 3. The summed E-state index contributed by atoms with van der Waals surface area (Å²) in [5.74, 6) is -0.663. The van der Waals surface area contributed by atoms with E-state index < -0.39 is 21.4 Å². The number of hydrogen-bond donors (Lipinski definition) is 1. The van der Waals surface area contributed by atoms with Gasteiger partial charge in [0, 0.05) is 0 Å². The number of carbonyl (C=O) groups excluding carboxylic acids is 1. The van der Waals surface area contributed by atoms with Gasteiger partial charge in [-0.1, -0.05) is 11.6 Å². The zero-order valence-corrected chi connectivity index (χ0v) is 11.9. The molecule has 0 amide bonds. The lowest BCUT2D eigenvalue weighted by atomic mass is 9.98. The first-order chi connectivity index (χ1) is 7.63. The van der Waals surface area contributed by atoms with Crippen molar-refractivity contribution in [1.82, 2.24) is 4.89 Å². The summed E-state index contributed by atoms with van der Waals surface area (Å²) in [5.41, 5.74) is -0.782. The topological polar surface area (TPSA) is 72.5 Å². The van der Waals surface area contributed by atoms with Crippen molar-refractivity contribution < 1.29 is 18.0 Å². The molecule has 0 spiro atoms. The van der Waals surface area contributed by atoms with Gasteiger partial charge in [-0.2, -0.15) is 0 Å². The van der Waals surface area contributed by atoms with Gasteiger partial charge in [0.2, 0.25) is 0 Å². The van der Waals surface area contributed by atoms with Crippen molar-refractivity contribution in [1.29, 1.82) is 0 Å². The Morgan fingerprint density at radius 2 is 2.00 bits per heavy atom. The second-order valence-corrected chi connectivity index (χ2v) is 7.87. The van der Waals surface area contributed by atoms with E-state index in [2.05, 4.69) is 4.84 Å². The molecule has 17 heavy (non-hydrogen) atoms. The summed E-state index contributed by atoms with van der Waals surface area (Å²) in [7, 11) is -3.85. The van der Waals surface area contributed by atoms with Crippen LogP contribution in [0.2, 0.25) is 4.34 Å². The van der Waals surface area contributed by atoms with Crippen LogP contribution in [0, 0.1) is 5.41 Å². The Morgan fingerprint density at radius 1 is 1.41 bits per heavy atom. The second-order valence-electron chi connectivity index (χ2n) is 4.28. The van der Waals surface area contributed by atoms with Crippen LogP contribution in [0.25, 0.3) is 0 Å². The Kier molecular flexibility index (Phi) is 4.19. The Hall–Kier alpha value is -0.630. The molecule has 0 unspecified atom stereocenters. The first-order valence-electron chi connectivity index (χ1n) is 4.61. The molecule has 1 rings (SSSR count). The minimum Gasteiger partial charge on any atom is -0.355 e. The molecule has 0 aliphatic carbocycles. The monoisotopic (exact) mass is 297 g/mol. The zero-order chi connectivity index (χ0) is 13.3. The first kappa shape index (κ1) is 14.4. The highest BCUT2D eigenvalue weighted by molar-refractivity contribution is 7.91. The summed E-state index contributed by atoms with van der Waals surface area (Å²) in [6, 6.07) is 2.78. The molecule has 1 aromatic rings. The molecule has 0 saturated carbocycles. The van der Waals surface area contributed by atoms with Crippen LogP contribution < -0.4 is 4.89 Å². The average molecular weight is 298 g/mol. The Bertz CT molecular complexity index is 515. The quantitative estimate of drug-likeness (QED) is 0.868. The molecule has 96 valence electrons. The molecule has 0 atom stereocenters. The van der Waals surface area contributed by atoms with Crippen LogP contribution in [0.3, 0.4) is 0 Å². The first-order valence-corrected chi connectivity index (χ1v) is 7.29. The van der Waals surface area contributed by atoms with E-state index in [1.54, 1.807) is 25.7 Å². The molecule has 0 radical (unpaired) electrons. The maximum absolute atomic E-state index is 11.6. The summed E-state index contributed by atoms with van der Waals surface area (Å²) in [6.45, 7) is 4.85. The van der Waals surface area contributed by atoms with Gasteiger partial charge >= 0.3 is 5.97 Å². The Morgan fingerprint density at radius 3 is 2.41 bits per heavy atom. The molecule has 1 heterocycles. The fourth-order valence-electron chi connectivity index (χ4n) is 0.729. The lowest BCUT2D eigenvalue weighted by molar-refractivity contribution is -0.156. The third-order valence-corrected chi connectivity index (χ3v) is 4.57. The zero-order valence-electron chi connectivity index (χ0n) is 9.48. The minimum absolute atomic E-state index is 0.00999. The SMILES string of the molecule is CC(C)(C)C(=O)ONS(=O)(=O)c1ccc(Cl)s1. The Labute approximate surface area is 109 Å². The van der Waals surface area contributed by atoms with Crippen LogP contribution in [0.15, 0.2) is 16.3 Å². The van der Waals surface area contributed by atoms with Gasteiger partial charge in [-0.25, -0.2) is 13.2 Å². The van der Waals surface area contributed by atoms with Crippen molar-refractivity contribution in [3.05, 3.63) is 16.5 Å². The molecular weight excluding hydrogens is 286 g/mol. The van der Waals surface area contributed by atoms with E-state index in [1.807, 2.05) is 0 Å². The lowest BCUT2D eigenvalue weighted by Gasteiger charge is -2.15. The van der Waals surface area contributed by atoms with Gasteiger partial charge in [-0.05, 0) is 37.8 Å². The summed E-state index contributed by atoms with van der Waals surface area (Å²) < 4.78 is 23.6. The van der Waals surface area contributed by atoms with Crippen LogP contribution in [0.4, 0.5) is 0 Å². The van der Waals surface area contributed by atoms with E-state index in [9.17, 15) is 13.2 Å². The largest absolute Gasteiger partial charge is 0.355 e. The molecule has 0 fully saturated rings. The molecule has 0 bridgehead atoms. The second kappa shape index (κ2) is 4.93. The number of halogens is 1. The number of thiophene rings is 1. The number of carbonyl (C=O) groups is 1. The van der Waals surface area contributed by atoms with Gasteiger partial charge in [0.15, 0.2) is 0 Å². The lowest BCUT2D eigenvalue weighted by Crippen LogP contribution is -2.32. The van der Waals surface area contributed by atoms with E-state index in [-0.39, 0.29) is 4.21 Å². The van der Waals surface area contributed by atoms with E-state index >= 15 is 0 Å². The van der Waals surface area contributed by atoms with Gasteiger partial charge in [0.25, 0.3) is 10.0 Å². The van der Waals surface area contributed by atoms with Gasteiger partial charge in [0.05, 0.1) is 9.75 Å². The molecule has 5 nitrogen and oxygen atoms in total. The van der Waals surface area contributed by atoms with E-state index in [0.29, 0.717) is 4.34 Å². The van der Waals surface area contributed by atoms with Crippen molar-refractivity contribution in [2.75, 3.05) is 0 Å². The third kappa shape index (κ3) is 3.95. The van der Waals surface area contributed by atoms with Crippen molar-refractivity contribution in [2.45, 2.75) is 25.0 Å². The summed E-state index contributed by atoms with van der Waals surface area (Å²) >= 11 is 6.50. The van der Waals surface area contributed by atoms with Crippen LogP contribution in [-0.2, 0) is 19.7 Å². The van der Waals surface area contributed by atoms with Crippen LogP contribution in [0.5, 0.6) is 0 Å². The van der Waals surface area contributed by atoms with Gasteiger partial charge in [-0.15, -0.1) is 11.3 Å². The van der Waals surface area contributed by atoms with Crippen molar-refractivity contribution in [3.8, 4) is 0 Å². The van der Waals surface area contributed by atoms with Gasteiger partial charge < -0.3 is 4.84 Å². The van der Waals surface area contributed by atoms with Gasteiger partial charge in [0.1, 0.15) is 4.21 Å². The smallest absolute Gasteiger partial charge is 0.331 e. The van der Waals surface area contributed by atoms with Crippen LogP contribution in [0.1, 0.15) is 20.8 Å². The maximum Gasteiger partial charge on any atom is 0.331 e. The number of hydrogen-bond acceptors (Lipinski definition) is 5. The van der Waals surface area contributed by atoms with Gasteiger partial charge in [-0.3, -0.25) is 0 Å². The van der Waals surface area contributed by atoms with E-state index in [0.717, 1.165) is 11.3 Å². The predicted molar refractivity (Wildman–Crippen MR) is 65.2 cm³/mol. The molecule has 0 aromatic carbocycles. The van der Waals surface area contributed by atoms with Crippen molar-refractivity contribution in [3.63, 3.8) is 0 Å². The molecule has 0 aliphatic heterocycles. The fourth-order valence-corrected chi connectivity index (χ4v) is 2.97. The van der Waals surface area contributed by atoms with Crippen molar-refractivity contribution >= 4 is 38.9 Å². The highest BCUT2D eigenvalue weighted by atomic mass is 35.5. The minimum atomic E-state index is -3.85. The number of sulfonamides is 1. The Balaban J connectivity index is 2.73. The molecular formula is C9H12ClNO4S2. The normalized spacial score (nSPS) is 12.5. The third-order valence-electron chi connectivity index (χ3n) is 1.67. The number of nitrogens with one attached hydrogen (secondary N) is 1. The summed E-state index contributed by atoms with van der Waals surface area (Å²) in [4.78, 5) is 17.7. The molecule has 8 heteroatoms. The molecule has 0 aliphatic rings. The average Bonchev–Trinajstić information content (AvgIpc) is 2.60. The highest BCUT2D eigenvalue weighted by Gasteiger charge is 2.26. The van der Waals surface area contributed by atoms with E-state index in [1.165, 1.54) is 12.1 Å². The maximum atomic E-state index is 11.6. The van der Waals surface area contributed by atoms with Crippen LogP contribution in [-0.4, -0.2) is 14.4 Å². The molecule has 1 aromatic heterocycles. The van der Waals surface area contributed by atoms with Crippen LogP contribution >= 0.6 is 22.9 Å².